The Morgan fingerprint density at radius 3 is 2.28 bits per heavy atom. The zero-order chi connectivity index (χ0) is 23.3. The van der Waals surface area contributed by atoms with Gasteiger partial charge in [-0.25, -0.2) is 0 Å². The topological polar surface area (TPSA) is 52.6 Å². The van der Waals surface area contributed by atoms with Gasteiger partial charge in [0.25, 0.3) is 0 Å². The Morgan fingerprint density at radius 2 is 1.66 bits per heavy atom. The van der Waals surface area contributed by atoms with Crippen molar-refractivity contribution in [3.05, 3.63) is 0 Å². The molecule has 0 aromatic carbocycles. The summed E-state index contributed by atoms with van der Waals surface area (Å²) in [4.78, 5) is 24.6. The minimum Gasteiger partial charge on any atom is -0.460 e. The summed E-state index contributed by atoms with van der Waals surface area (Å²) in [5, 5.41) is 0. The highest BCUT2D eigenvalue weighted by Gasteiger charge is 2.69. The van der Waals surface area contributed by atoms with E-state index in [1.165, 1.54) is 0 Å². The van der Waals surface area contributed by atoms with Crippen LogP contribution in [0.3, 0.4) is 0 Å². The van der Waals surface area contributed by atoms with Crippen molar-refractivity contribution in [3.8, 4) is 24.7 Å². The molecule has 0 N–H and O–H groups in total. The molecule has 9 unspecified atom stereocenters. The molecule has 9 atom stereocenters. The van der Waals surface area contributed by atoms with Crippen LogP contribution in [0.15, 0.2) is 0 Å². The summed E-state index contributed by atoms with van der Waals surface area (Å²) in [5.74, 6) is 7.38. The maximum absolute atomic E-state index is 12.3. The summed E-state index contributed by atoms with van der Waals surface area (Å²) < 4.78 is 12.1. The molecular weight excluding hydrogens is 400 g/mol. The van der Waals surface area contributed by atoms with E-state index in [2.05, 4.69) is 25.7 Å². The SMILES string of the molecule is C#CC1CC2CCC3C(CCC4(C)C3CCC4(C#C)OC(=O)CC)C2(C)C1OC(=O)CC. The predicted molar refractivity (Wildman–Crippen MR) is 123 cm³/mol. The first-order valence-electron chi connectivity index (χ1n) is 12.6. The minimum atomic E-state index is -0.807. The van der Waals surface area contributed by atoms with Crippen LogP contribution in [-0.4, -0.2) is 23.6 Å². The van der Waals surface area contributed by atoms with Crippen LogP contribution in [0.2, 0.25) is 0 Å². The molecule has 32 heavy (non-hydrogen) atoms. The van der Waals surface area contributed by atoms with Crippen LogP contribution in [-0.2, 0) is 19.1 Å². The molecule has 0 aliphatic heterocycles. The van der Waals surface area contributed by atoms with Crippen molar-refractivity contribution in [2.45, 2.75) is 97.2 Å². The third kappa shape index (κ3) is 3.05. The van der Waals surface area contributed by atoms with Crippen LogP contribution < -0.4 is 0 Å². The fraction of sp³-hybridized carbons (Fsp3) is 0.786. The van der Waals surface area contributed by atoms with Crippen LogP contribution in [0.4, 0.5) is 0 Å². The number of carbonyl (C=O) groups is 2. The maximum atomic E-state index is 12.3. The second-order valence-electron chi connectivity index (χ2n) is 11.1. The van der Waals surface area contributed by atoms with Crippen molar-refractivity contribution >= 4 is 11.9 Å². The summed E-state index contributed by atoms with van der Waals surface area (Å²) in [7, 11) is 0. The zero-order valence-electron chi connectivity index (χ0n) is 20.1. The molecule has 0 aromatic heterocycles. The van der Waals surface area contributed by atoms with Gasteiger partial charge in [-0.05, 0) is 68.6 Å². The highest BCUT2D eigenvalue weighted by molar-refractivity contribution is 5.70. The highest BCUT2D eigenvalue weighted by Crippen LogP contribution is 2.70. The van der Waals surface area contributed by atoms with E-state index >= 15 is 0 Å². The first-order valence-corrected chi connectivity index (χ1v) is 12.6. The van der Waals surface area contributed by atoms with E-state index in [-0.39, 0.29) is 34.8 Å². The van der Waals surface area contributed by atoms with Crippen LogP contribution in [0.25, 0.3) is 0 Å². The molecule has 0 spiro atoms. The monoisotopic (exact) mass is 438 g/mol. The van der Waals surface area contributed by atoms with Gasteiger partial charge in [0, 0.05) is 23.7 Å². The van der Waals surface area contributed by atoms with Gasteiger partial charge < -0.3 is 9.47 Å². The summed E-state index contributed by atoms with van der Waals surface area (Å²) in [6, 6.07) is 0. The molecule has 4 saturated carbocycles. The number of fused-ring (bicyclic) bond motifs is 5. The van der Waals surface area contributed by atoms with Crippen LogP contribution >= 0.6 is 0 Å². The van der Waals surface area contributed by atoms with Gasteiger partial charge in [-0.1, -0.05) is 39.5 Å². The summed E-state index contributed by atoms with van der Waals surface area (Å²) in [6.45, 7) is 8.25. The molecule has 0 heterocycles. The highest BCUT2D eigenvalue weighted by atomic mass is 16.6. The van der Waals surface area contributed by atoms with Gasteiger partial charge in [-0.15, -0.1) is 12.8 Å². The van der Waals surface area contributed by atoms with Crippen molar-refractivity contribution in [1.29, 1.82) is 0 Å². The summed E-state index contributed by atoms with van der Waals surface area (Å²) in [5.41, 5.74) is -1.12. The Labute approximate surface area is 193 Å². The van der Waals surface area contributed by atoms with E-state index < -0.39 is 5.60 Å². The Bertz CT molecular complexity index is 864. The quantitative estimate of drug-likeness (QED) is 0.450. The summed E-state index contributed by atoms with van der Waals surface area (Å²) >= 11 is 0. The first kappa shape index (κ1) is 23.2. The lowest BCUT2D eigenvalue weighted by atomic mass is 9.47. The molecule has 0 aromatic rings. The number of hydrogen-bond donors (Lipinski definition) is 0. The second-order valence-corrected chi connectivity index (χ2v) is 11.1. The van der Waals surface area contributed by atoms with Gasteiger partial charge in [0.1, 0.15) is 6.10 Å². The molecule has 174 valence electrons. The van der Waals surface area contributed by atoms with Crippen LogP contribution in [0, 0.1) is 65.1 Å². The van der Waals surface area contributed by atoms with Gasteiger partial charge in [0.2, 0.25) is 0 Å². The lowest BCUT2D eigenvalue weighted by Gasteiger charge is -2.59. The lowest BCUT2D eigenvalue weighted by molar-refractivity contribution is -0.183. The van der Waals surface area contributed by atoms with Crippen molar-refractivity contribution in [3.63, 3.8) is 0 Å². The van der Waals surface area contributed by atoms with Crippen molar-refractivity contribution in [2.75, 3.05) is 0 Å². The Morgan fingerprint density at radius 1 is 0.969 bits per heavy atom. The lowest BCUT2D eigenvalue weighted by Crippen LogP contribution is -2.58. The van der Waals surface area contributed by atoms with Crippen LogP contribution in [0.1, 0.15) is 85.5 Å². The number of hydrogen-bond acceptors (Lipinski definition) is 4. The van der Waals surface area contributed by atoms with Crippen molar-refractivity contribution in [1.82, 2.24) is 0 Å². The Kier molecular flexibility index (Phi) is 5.90. The zero-order valence-corrected chi connectivity index (χ0v) is 20.1. The third-order valence-corrected chi connectivity index (χ3v) is 10.2. The number of carbonyl (C=O) groups excluding carboxylic acids is 2. The fourth-order valence-electron chi connectivity index (χ4n) is 8.44. The van der Waals surface area contributed by atoms with E-state index in [9.17, 15) is 9.59 Å². The van der Waals surface area contributed by atoms with E-state index in [0.29, 0.717) is 36.5 Å². The minimum absolute atomic E-state index is 0.00792. The first-order chi connectivity index (χ1) is 15.2. The van der Waals surface area contributed by atoms with Gasteiger partial charge in [0.05, 0.1) is 5.92 Å². The molecule has 0 radical (unpaired) electrons. The van der Waals surface area contributed by atoms with E-state index in [0.717, 1.165) is 44.9 Å². The Hall–Kier alpha value is -1.94. The number of terminal acetylenes is 2. The molecule has 4 aliphatic rings. The molecule has 4 nitrogen and oxygen atoms in total. The fourth-order valence-corrected chi connectivity index (χ4v) is 8.44. The van der Waals surface area contributed by atoms with E-state index in [1.807, 2.05) is 13.8 Å². The van der Waals surface area contributed by atoms with Crippen molar-refractivity contribution < 1.29 is 19.1 Å². The van der Waals surface area contributed by atoms with Gasteiger partial charge in [0.15, 0.2) is 5.60 Å². The van der Waals surface area contributed by atoms with Crippen LogP contribution in [0.5, 0.6) is 0 Å². The average Bonchev–Trinajstić information content (AvgIpc) is 3.24. The molecular formula is C28H38O4. The Balaban J connectivity index is 1.67. The number of esters is 2. The van der Waals surface area contributed by atoms with Gasteiger partial charge >= 0.3 is 11.9 Å². The van der Waals surface area contributed by atoms with Gasteiger partial charge in [-0.2, -0.15) is 0 Å². The molecule has 4 rings (SSSR count). The number of rotatable bonds is 4. The van der Waals surface area contributed by atoms with Gasteiger partial charge in [-0.3, -0.25) is 9.59 Å². The molecule has 4 fully saturated rings. The molecule has 4 aliphatic carbocycles. The predicted octanol–water partition coefficient (Wildman–Crippen LogP) is 5.15. The average molecular weight is 439 g/mol. The molecule has 0 saturated heterocycles. The third-order valence-electron chi connectivity index (χ3n) is 10.2. The molecule has 0 bridgehead atoms. The van der Waals surface area contributed by atoms with E-state index in [4.69, 9.17) is 22.3 Å². The number of ether oxygens (including phenoxy) is 2. The maximum Gasteiger partial charge on any atom is 0.307 e. The van der Waals surface area contributed by atoms with E-state index in [1.54, 1.807) is 0 Å². The molecule has 0 amide bonds. The normalized spacial score (nSPS) is 46.7. The largest absolute Gasteiger partial charge is 0.460 e. The second kappa shape index (κ2) is 8.13. The molecule has 4 heteroatoms. The standard InChI is InChI=1S/C28H38O4/c1-7-18-17-19-11-12-20-21-14-16-28(10-4,32-24(30)9-3)26(21,5)15-13-22(20)27(19,6)25(18)31-23(29)8-2/h1,4,18-22,25H,8-9,11-17H2,2-3,5-6H3. The van der Waals surface area contributed by atoms with Crippen molar-refractivity contribution in [2.24, 2.45) is 40.4 Å². The summed E-state index contributed by atoms with van der Waals surface area (Å²) in [6.07, 6.45) is 19.4. The smallest absolute Gasteiger partial charge is 0.307 e.